The summed E-state index contributed by atoms with van der Waals surface area (Å²) >= 11 is 0. The lowest BCUT2D eigenvalue weighted by Crippen LogP contribution is -2.45. The second kappa shape index (κ2) is 6.75. The van der Waals surface area contributed by atoms with Crippen LogP contribution in [0.3, 0.4) is 0 Å². The van der Waals surface area contributed by atoms with Crippen molar-refractivity contribution in [1.29, 1.82) is 0 Å². The minimum atomic E-state index is -4.22. The van der Waals surface area contributed by atoms with Gasteiger partial charge >= 0.3 is 6.18 Å². The number of aryl methyl sites for hydroxylation is 1. The molecular formula is C15H20F4N2. The third-order valence-corrected chi connectivity index (χ3v) is 3.80. The van der Waals surface area contributed by atoms with Gasteiger partial charge in [-0.3, -0.25) is 4.90 Å². The summed E-state index contributed by atoms with van der Waals surface area (Å²) in [6.45, 7) is 4.53. The second-order valence-corrected chi connectivity index (χ2v) is 5.48. The van der Waals surface area contributed by atoms with Crippen molar-refractivity contribution in [3.8, 4) is 0 Å². The van der Waals surface area contributed by atoms with Crippen molar-refractivity contribution in [2.75, 3.05) is 26.2 Å². The number of rotatable bonds is 4. The van der Waals surface area contributed by atoms with E-state index in [1.54, 1.807) is 12.1 Å². The summed E-state index contributed by atoms with van der Waals surface area (Å²) in [6, 6.07) is 4.12. The Morgan fingerprint density at radius 1 is 1.24 bits per heavy atom. The van der Waals surface area contributed by atoms with Crippen molar-refractivity contribution in [3.63, 3.8) is 0 Å². The van der Waals surface area contributed by atoms with Gasteiger partial charge in [0, 0.05) is 44.2 Å². The van der Waals surface area contributed by atoms with Crippen LogP contribution < -0.4 is 5.32 Å². The summed E-state index contributed by atoms with van der Waals surface area (Å²) in [5.41, 5.74) is 1.24. The Balaban J connectivity index is 2.23. The number of hydrogen-bond donors (Lipinski definition) is 1. The molecule has 1 aromatic rings. The zero-order valence-electron chi connectivity index (χ0n) is 12.0. The Hall–Kier alpha value is -1.14. The van der Waals surface area contributed by atoms with Crippen molar-refractivity contribution >= 4 is 0 Å². The first-order chi connectivity index (χ1) is 9.87. The average Bonchev–Trinajstić information content (AvgIpc) is 2.43. The normalized spacial score (nSPS) is 18.7. The van der Waals surface area contributed by atoms with Crippen molar-refractivity contribution in [1.82, 2.24) is 10.2 Å². The van der Waals surface area contributed by atoms with E-state index in [2.05, 4.69) is 5.32 Å². The number of nitrogens with one attached hydrogen (secondary N) is 1. The van der Waals surface area contributed by atoms with Gasteiger partial charge in [0.15, 0.2) is 0 Å². The maximum absolute atomic E-state index is 14.1. The van der Waals surface area contributed by atoms with E-state index in [-0.39, 0.29) is 6.42 Å². The molecule has 6 heteroatoms. The number of alkyl halides is 3. The lowest BCUT2D eigenvalue weighted by molar-refractivity contribution is -0.138. The van der Waals surface area contributed by atoms with Crippen LogP contribution in [0.2, 0.25) is 0 Å². The van der Waals surface area contributed by atoms with Gasteiger partial charge < -0.3 is 5.32 Å². The average molecular weight is 304 g/mol. The van der Waals surface area contributed by atoms with Crippen LogP contribution in [0, 0.1) is 12.7 Å². The van der Waals surface area contributed by atoms with E-state index in [9.17, 15) is 17.6 Å². The molecule has 1 fully saturated rings. The molecule has 2 rings (SSSR count). The van der Waals surface area contributed by atoms with Gasteiger partial charge in [-0.2, -0.15) is 13.2 Å². The molecule has 1 aliphatic rings. The van der Waals surface area contributed by atoms with Crippen LogP contribution in [0.1, 0.15) is 30.0 Å². The highest BCUT2D eigenvalue weighted by molar-refractivity contribution is 5.27. The summed E-state index contributed by atoms with van der Waals surface area (Å²) in [5.74, 6) is -0.425. The minimum Gasteiger partial charge on any atom is -0.314 e. The quantitative estimate of drug-likeness (QED) is 0.858. The fourth-order valence-electron chi connectivity index (χ4n) is 2.75. The monoisotopic (exact) mass is 304 g/mol. The van der Waals surface area contributed by atoms with Crippen LogP contribution in [0.5, 0.6) is 0 Å². The van der Waals surface area contributed by atoms with E-state index >= 15 is 0 Å². The fourth-order valence-corrected chi connectivity index (χ4v) is 2.75. The van der Waals surface area contributed by atoms with E-state index in [0.717, 1.165) is 18.7 Å². The lowest BCUT2D eigenvalue weighted by atomic mass is 9.97. The Kier molecular flexibility index (Phi) is 5.22. The number of halogens is 4. The molecule has 21 heavy (non-hydrogen) atoms. The molecule has 1 atom stereocenters. The zero-order chi connectivity index (χ0) is 15.5. The van der Waals surface area contributed by atoms with Gasteiger partial charge in [-0.15, -0.1) is 0 Å². The first kappa shape index (κ1) is 16.2. The van der Waals surface area contributed by atoms with Crippen LogP contribution in [-0.2, 0) is 0 Å². The summed E-state index contributed by atoms with van der Waals surface area (Å²) < 4.78 is 51.7. The van der Waals surface area contributed by atoms with Gasteiger partial charge in [-0.1, -0.05) is 17.7 Å². The predicted octanol–water partition coefficient (Wildman–Crippen LogP) is 3.42. The van der Waals surface area contributed by atoms with Gasteiger partial charge in [0.05, 0.1) is 0 Å². The standard InChI is InChI=1S/C15H20F4N2/c1-11-2-3-13(16)12(10-11)14(4-5-15(17,18)19)21-8-6-20-7-9-21/h2-3,10,14,20H,4-9H2,1H3/t14-/m0/s1. The lowest BCUT2D eigenvalue weighted by Gasteiger charge is -2.35. The Morgan fingerprint density at radius 2 is 1.90 bits per heavy atom. The molecule has 0 amide bonds. The van der Waals surface area contributed by atoms with E-state index in [1.165, 1.54) is 6.07 Å². The van der Waals surface area contributed by atoms with E-state index in [4.69, 9.17) is 0 Å². The molecule has 0 unspecified atom stereocenters. The van der Waals surface area contributed by atoms with Crippen molar-refractivity contribution in [2.24, 2.45) is 0 Å². The summed E-state index contributed by atoms with van der Waals surface area (Å²) in [4.78, 5) is 1.94. The highest BCUT2D eigenvalue weighted by Crippen LogP contribution is 2.33. The molecule has 1 saturated heterocycles. The first-order valence-electron chi connectivity index (χ1n) is 7.14. The molecule has 0 saturated carbocycles. The molecule has 1 heterocycles. The molecule has 118 valence electrons. The Morgan fingerprint density at radius 3 is 2.52 bits per heavy atom. The maximum atomic E-state index is 14.1. The number of nitrogens with zero attached hydrogens (tertiary/aromatic N) is 1. The van der Waals surface area contributed by atoms with E-state index in [0.29, 0.717) is 18.7 Å². The molecule has 0 radical (unpaired) electrons. The van der Waals surface area contributed by atoms with E-state index < -0.39 is 24.5 Å². The van der Waals surface area contributed by atoms with Crippen molar-refractivity contribution < 1.29 is 17.6 Å². The van der Waals surface area contributed by atoms with Crippen LogP contribution in [0.25, 0.3) is 0 Å². The van der Waals surface area contributed by atoms with Gasteiger partial charge in [-0.05, 0) is 19.4 Å². The molecule has 0 aromatic heterocycles. The van der Waals surface area contributed by atoms with Crippen LogP contribution in [-0.4, -0.2) is 37.3 Å². The maximum Gasteiger partial charge on any atom is 0.389 e. The van der Waals surface area contributed by atoms with Crippen LogP contribution in [0.4, 0.5) is 17.6 Å². The first-order valence-corrected chi connectivity index (χ1v) is 7.14. The summed E-state index contributed by atoms with van der Waals surface area (Å²) in [5, 5.41) is 3.16. The van der Waals surface area contributed by atoms with Gasteiger partial charge in [0.1, 0.15) is 5.82 Å². The summed E-state index contributed by atoms with van der Waals surface area (Å²) in [6.07, 6.45) is -5.22. The predicted molar refractivity (Wildman–Crippen MR) is 73.6 cm³/mol. The molecular weight excluding hydrogens is 284 g/mol. The zero-order valence-corrected chi connectivity index (χ0v) is 12.0. The highest BCUT2D eigenvalue weighted by atomic mass is 19.4. The molecule has 1 N–H and O–H groups in total. The largest absolute Gasteiger partial charge is 0.389 e. The third-order valence-electron chi connectivity index (χ3n) is 3.80. The minimum absolute atomic E-state index is 0.107. The van der Waals surface area contributed by atoms with Crippen molar-refractivity contribution in [3.05, 3.63) is 35.1 Å². The van der Waals surface area contributed by atoms with Gasteiger partial charge in [-0.25, -0.2) is 4.39 Å². The number of benzene rings is 1. The van der Waals surface area contributed by atoms with Crippen LogP contribution >= 0.6 is 0 Å². The molecule has 1 aromatic carbocycles. The molecule has 0 spiro atoms. The Bertz CT molecular complexity index is 467. The SMILES string of the molecule is Cc1ccc(F)c([C@H](CCC(F)(F)F)N2CCNCC2)c1. The van der Waals surface area contributed by atoms with Gasteiger partial charge in [0.2, 0.25) is 0 Å². The topological polar surface area (TPSA) is 15.3 Å². The highest BCUT2D eigenvalue weighted by Gasteiger charge is 2.32. The van der Waals surface area contributed by atoms with E-state index in [1.807, 2.05) is 11.8 Å². The summed E-state index contributed by atoms with van der Waals surface area (Å²) in [7, 11) is 0. The van der Waals surface area contributed by atoms with Crippen LogP contribution in [0.15, 0.2) is 18.2 Å². The Labute approximate surface area is 122 Å². The molecule has 0 bridgehead atoms. The number of piperazine rings is 1. The van der Waals surface area contributed by atoms with Gasteiger partial charge in [0.25, 0.3) is 0 Å². The second-order valence-electron chi connectivity index (χ2n) is 5.48. The molecule has 1 aliphatic heterocycles. The smallest absolute Gasteiger partial charge is 0.314 e. The third kappa shape index (κ3) is 4.68. The molecule has 0 aliphatic carbocycles. The van der Waals surface area contributed by atoms with Crippen molar-refractivity contribution in [2.45, 2.75) is 32.0 Å². The number of hydrogen-bond acceptors (Lipinski definition) is 2. The molecule has 2 nitrogen and oxygen atoms in total. The fraction of sp³-hybridized carbons (Fsp3) is 0.600.